The predicted molar refractivity (Wildman–Crippen MR) is 61.1 cm³/mol. The topological polar surface area (TPSA) is 56.0 Å². The molecule has 0 unspecified atom stereocenters. The van der Waals surface area contributed by atoms with Gasteiger partial charge in [0.15, 0.2) is 0 Å². The molecule has 5 heteroatoms. The molecule has 1 aliphatic heterocycles. The van der Waals surface area contributed by atoms with E-state index < -0.39 is 0 Å². The van der Waals surface area contributed by atoms with Crippen molar-refractivity contribution >= 4 is 5.95 Å². The fraction of sp³-hybridized carbons (Fsp3) is 0.545. The van der Waals surface area contributed by atoms with E-state index in [4.69, 9.17) is 5.26 Å². The van der Waals surface area contributed by atoms with Gasteiger partial charge in [0, 0.05) is 32.4 Å². The number of likely N-dealkylation sites (N-methyl/N-ethyl adjacent to an activating group) is 1. The van der Waals surface area contributed by atoms with Crippen molar-refractivity contribution in [2.45, 2.75) is 6.92 Å². The maximum absolute atomic E-state index is 8.77. The second-order valence-corrected chi connectivity index (χ2v) is 3.77. The Kier molecular flexibility index (Phi) is 3.32. The Bertz CT molecular complexity index is 390. The minimum absolute atomic E-state index is 0.433. The van der Waals surface area contributed by atoms with Crippen LogP contribution in [-0.2, 0) is 0 Å². The highest BCUT2D eigenvalue weighted by Crippen LogP contribution is 2.10. The quantitative estimate of drug-likeness (QED) is 0.721. The van der Waals surface area contributed by atoms with Crippen LogP contribution in [0.5, 0.6) is 0 Å². The van der Waals surface area contributed by atoms with Crippen molar-refractivity contribution in [1.29, 1.82) is 5.26 Å². The first kappa shape index (κ1) is 10.8. The second kappa shape index (κ2) is 4.90. The molecule has 0 N–H and O–H groups in total. The Balaban J connectivity index is 2.05. The van der Waals surface area contributed by atoms with Crippen molar-refractivity contribution in [2.24, 2.45) is 0 Å². The maximum atomic E-state index is 8.77. The number of anilines is 1. The number of nitriles is 1. The fourth-order valence-electron chi connectivity index (χ4n) is 1.83. The molecule has 2 rings (SSSR count). The van der Waals surface area contributed by atoms with E-state index in [1.807, 2.05) is 6.07 Å². The lowest BCUT2D eigenvalue weighted by Crippen LogP contribution is -2.46. The van der Waals surface area contributed by atoms with E-state index in [9.17, 15) is 0 Å². The van der Waals surface area contributed by atoms with Gasteiger partial charge in [-0.3, -0.25) is 0 Å². The number of piperazine rings is 1. The van der Waals surface area contributed by atoms with Crippen LogP contribution in [0, 0.1) is 11.3 Å². The summed E-state index contributed by atoms with van der Waals surface area (Å²) in [4.78, 5) is 12.9. The third-order valence-corrected chi connectivity index (χ3v) is 2.86. The second-order valence-electron chi connectivity index (χ2n) is 3.77. The van der Waals surface area contributed by atoms with Gasteiger partial charge < -0.3 is 9.80 Å². The summed E-state index contributed by atoms with van der Waals surface area (Å²) in [7, 11) is 0. The van der Waals surface area contributed by atoms with Crippen molar-refractivity contribution < 1.29 is 0 Å². The third-order valence-electron chi connectivity index (χ3n) is 2.86. The molecule has 0 saturated carbocycles. The van der Waals surface area contributed by atoms with Crippen molar-refractivity contribution in [2.75, 3.05) is 37.6 Å². The van der Waals surface area contributed by atoms with E-state index in [1.54, 1.807) is 12.3 Å². The zero-order valence-electron chi connectivity index (χ0n) is 9.43. The van der Waals surface area contributed by atoms with Crippen LogP contribution in [0.15, 0.2) is 12.3 Å². The molecule has 5 nitrogen and oxygen atoms in total. The SMILES string of the molecule is CCN1CCN(c2nccc(C#N)n2)CC1. The van der Waals surface area contributed by atoms with Gasteiger partial charge in [0.05, 0.1) is 0 Å². The van der Waals surface area contributed by atoms with E-state index in [2.05, 4.69) is 26.7 Å². The van der Waals surface area contributed by atoms with Crippen LogP contribution in [0.2, 0.25) is 0 Å². The molecule has 0 atom stereocenters. The molecule has 1 aliphatic rings. The maximum Gasteiger partial charge on any atom is 0.226 e. The molecule has 16 heavy (non-hydrogen) atoms. The molecule has 1 fully saturated rings. The lowest BCUT2D eigenvalue weighted by Gasteiger charge is -2.33. The Morgan fingerprint density at radius 2 is 2.12 bits per heavy atom. The molecule has 0 aromatic carbocycles. The standard InChI is InChI=1S/C11H15N5/c1-2-15-5-7-16(8-6-15)11-13-4-3-10(9-12)14-11/h3-4H,2,5-8H2,1H3. The average Bonchev–Trinajstić information content (AvgIpc) is 2.39. The molecule has 0 radical (unpaired) electrons. The Labute approximate surface area is 95.3 Å². The van der Waals surface area contributed by atoms with Crippen LogP contribution in [0.4, 0.5) is 5.95 Å². The molecular weight excluding hydrogens is 202 g/mol. The number of hydrogen-bond acceptors (Lipinski definition) is 5. The van der Waals surface area contributed by atoms with Gasteiger partial charge in [0.25, 0.3) is 0 Å². The van der Waals surface area contributed by atoms with Crippen LogP contribution in [0.25, 0.3) is 0 Å². The molecule has 1 aromatic heterocycles. The minimum atomic E-state index is 0.433. The normalized spacial score (nSPS) is 17.1. The summed E-state index contributed by atoms with van der Waals surface area (Å²) >= 11 is 0. The lowest BCUT2D eigenvalue weighted by atomic mass is 10.3. The lowest BCUT2D eigenvalue weighted by molar-refractivity contribution is 0.270. The molecule has 0 amide bonds. The smallest absolute Gasteiger partial charge is 0.226 e. The number of nitrogens with zero attached hydrogens (tertiary/aromatic N) is 5. The molecule has 1 aromatic rings. The van der Waals surface area contributed by atoms with Gasteiger partial charge in [-0.25, -0.2) is 9.97 Å². The fourth-order valence-corrected chi connectivity index (χ4v) is 1.83. The zero-order chi connectivity index (χ0) is 11.4. The van der Waals surface area contributed by atoms with Crippen molar-refractivity contribution in [3.8, 4) is 6.07 Å². The molecule has 2 heterocycles. The van der Waals surface area contributed by atoms with Crippen molar-refractivity contribution in [3.05, 3.63) is 18.0 Å². The predicted octanol–water partition coefficient (Wildman–Crippen LogP) is 0.490. The van der Waals surface area contributed by atoms with Gasteiger partial charge in [0.1, 0.15) is 11.8 Å². The van der Waals surface area contributed by atoms with Gasteiger partial charge in [-0.05, 0) is 12.6 Å². The van der Waals surface area contributed by atoms with Crippen LogP contribution in [-0.4, -0.2) is 47.6 Å². The van der Waals surface area contributed by atoms with Crippen LogP contribution in [0.1, 0.15) is 12.6 Å². The summed E-state index contributed by atoms with van der Waals surface area (Å²) in [5.74, 6) is 0.676. The first-order valence-corrected chi connectivity index (χ1v) is 5.54. The van der Waals surface area contributed by atoms with Gasteiger partial charge in [-0.1, -0.05) is 6.92 Å². The summed E-state index contributed by atoms with van der Waals surface area (Å²) in [5, 5.41) is 8.77. The molecule has 84 valence electrons. The van der Waals surface area contributed by atoms with Crippen LogP contribution in [0.3, 0.4) is 0 Å². The van der Waals surface area contributed by atoms with Gasteiger partial charge in [-0.15, -0.1) is 0 Å². The number of hydrogen-bond donors (Lipinski definition) is 0. The minimum Gasteiger partial charge on any atom is -0.338 e. The van der Waals surface area contributed by atoms with Gasteiger partial charge in [0.2, 0.25) is 5.95 Å². The zero-order valence-corrected chi connectivity index (χ0v) is 9.43. The molecule has 0 spiro atoms. The first-order chi connectivity index (χ1) is 7.83. The van der Waals surface area contributed by atoms with Crippen LogP contribution >= 0.6 is 0 Å². The van der Waals surface area contributed by atoms with Crippen molar-refractivity contribution in [3.63, 3.8) is 0 Å². The van der Waals surface area contributed by atoms with E-state index in [0.717, 1.165) is 32.7 Å². The monoisotopic (exact) mass is 217 g/mol. The summed E-state index contributed by atoms with van der Waals surface area (Å²) in [6.45, 7) is 7.20. The largest absolute Gasteiger partial charge is 0.338 e. The summed E-state index contributed by atoms with van der Waals surface area (Å²) in [5.41, 5.74) is 0.433. The molecule has 0 bridgehead atoms. The van der Waals surface area contributed by atoms with E-state index >= 15 is 0 Å². The third kappa shape index (κ3) is 2.28. The van der Waals surface area contributed by atoms with Gasteiger partial charge in [-0.2, -0.15) is 5.26 Å². The Hall–Kier alpha value is -1.67. The Morgan fingerprint density at radius 3 is 2.75 bits per heavy atom. The molecule has 1 saturated heterocycles. The highest BCUT2D eigenvalue weighted by Gasteiger charge is 2.17. The Morgan fingerprint density at radius 1 is 1.38 bits per heavy atom. The van der Waals surface area contributed by atoms with E-state index in [1.165, 1.54) is 0 Å². The van der Waals surface area contributed by atoms with E-state index in [-0.39, 0.29) is 0 Å². The molecule has 0 aliphatic carbocycles. The van der Waals surface area contributed by atoms with E-state index in [0.29, 0.717) is 11.6 Å². The molecular formula is C11H15N5. The van der Waals surface area contributed by atoms with Gasteiger partial charge >= 0.3 is 0 Å². The average molecular weight is 217 g/mol. The first-order valence-electron chi connectivity index (χ1n) is 5.54. The van der Waals surface area contributed by atoms with Crippen LogP contribution < -0.4 is 4.90 Å². The number of aromatic nitrogens is 2. The van der Waals surface area contributed by atoms with Crippen molar-refractivity contribution in [1.82, 2.24) is 14.9 Å². The summed E-state index contributed by atoms with van der Waals surface area (Å²) < 4.78 is 0. The number of rotatable bonds is 2. The summed E-state index contributed by atoms with van der Waals surface area (Å²) in [6, 6.07) is 3.67. The summed E-state index contributed by atoms with van der Waals surface area (Å²) in [6.07, 6.45) is 1.65. The highest BCUT2D eigenvalue weighted by molar-refractivity contribution is 5.34. The highest BCUT2D eigenvalue weighted by atomic mass is 15.3.